The van der Waals surface area contributed by atoms with Crippen molar-refractivity contribution in [2.75, 3.05) is 6.54 Å². The molecule has 5 heteroatoms. The van der Waals surface area contributed by atoms with Gasteiger partial charge in [0.2, 0.25) is 0 Å². The van der Waals surface area contributed by atoms with Crippen molar-refractivity contribution in [3.63, 3.8) is 0 Å². The third kappa shape index (κ3) is 3.57. The van der Waals surface area contributed by atoms with Gasteiger partial charge in [0, 0.05) is 9.85 Å². The molecule has 1 heterocycles. The Balaban J connectivity index is 2.37. The molecular formula is C14H14BrClFNS. The molecule has 2 aromatic rings. The molecule has 0 aliphatic rings. The third-order valence-corrected chi connectivity index (χ3v) is 4.87. The maximum Gasteiger partial charge on any atom is 0.141 e. The number of nitrogens with one attached hydrogen (secondary N) is 1. The standard InChI is InChI=1S/C14H14BrClFNS/c1-2-5-18-14(10-7-19-8-11(10)15)9-3-4-13(17)12(16)6-9/h3-4,6-8,14,18H,2,5H2,1H3. The minimum absolute atomic E-state index is 0.0266. The summed E-state index contributed by atoms with van der Waals surface area (Å²) in [4.78, 5) is 0. The number of halogens is 3. The topological polar surface area (TPSA) is 12.0 Å². The third-order valence-electron chi connectivity index (χ3n) is 2.83. The summed E-state index contributed by atoms with van der Waals surface area (Å²) in [5.41, 5.74) is 2.13. The molecule has 1 atom stereocenters. The lowest BCUT2D eigenvalue weighted by atomic mass is 10.0. The number of rotatable bonds is 5. The Morgan fingerprint density at radius 2 is 2.21 bits per heavy atom. The van der Waals surface area contributed by atoms with E-state index in [-0.39, 0.29) is 16.9 Å². The Morgan fingerprint density at radius 1 is 1.42 bits per heavy atom. The molecule has 1 aromatic heterocycles. The van der Waals surface area contributed by atoms with E-state index >= 15 is 0 Å². The van der Waals surface area contributed by atoms with Gasteiger partial charge in [0.1, 0.15) is 5.82 Å². The van der Waals surface area contributed by atoms with E-state index in [4.69, 9.17) is 11.6 Å². The van der Waals surface area contributed by atoms with Gasteiger partial charge in [-0.3, -0.25) is 0 Å². The van der Waals surface area contributed by atoms with Crippen LogP contribution in [0.4, 0.5) is 4.39 Å². The normalized spacial score (nSPS) is 12.6. The molecule has 102 valence electrons. The average molecular weight is 363 g/mol. The fourth-order valence-electron chi connectivity index (χ4n) is 1.89. The lowest BCUT2D eigenvalue weighted by Gasteiger charge is -2.19. The minimum Gasteiger partial charge on any atom is -0.306 e. The van der Waals surface area contributed by atoms with Crippen LogP contribution in [0.1, 0.15) is 30.5 Å². The smallest absolute Gasteiger partial charge is 0.141 e. The lowest BCUT2D eigenvalue weighted by molar-refractivity contribution is 0.593. The summed E-state index contributed by atoms with van der Waals surface area (Å²) in [6.45, 7) is 3.01. The summed E-state index contributed by atoms with van der Waals surface area (Å²) in [6, 6.07) is 4.91. The summed E-state index contributed by atoms with van der Waals surface area (Å²) in [5, 5.41) is 7.77. The van der Waals surface area contributed by atoms with E-state index in [0.29, 0.717) is 0 Å². The maximum atomic E-state index is 13.3. The van der Waals surface area contributed by atoms with Crippen molar-refractivity contribution in [2.45, 2.75) is 19.4 Å². The molecule has 0 saturated heterocycles. The van der Waals surface area contributed by atoms with Gasteiger partial charge >= 0.3 is 0 Å². The molecule has 0 aliphatic carbocycles. The van der Waals surface area contributed by atoms with Crippen LogP contribution in [0.25, 0.3) is 0 Å². The molecule has 19 heavy (non-hydrogen) atoms. The number of thiophene rings is 1. The molecule has 1 nitrogen and oxygen atoms in total. The van der Waals surface area contributed by atoms with Crippen LogP contribution in [0.3, 0.4) is 0 Å². The molecule has 1 aromatic carbocycles. The zero-order valence-corrected chi connectivity index (χ0v) is 13.6. The Kier molecular flexibility index (Phi) is 5.39. The molecule has 0 fully saturated rings. The van der Waals surface area contributed by atoms with Crippen LogP contribution in [0.5, 0.6) is 0 Å². The van der Waals surface area contributed by atoms with E-state index in [0.717, 1.165) is 28.6 Å². The SMILES string of the molecule is CCCNC(c1ccc(F)c(Cl)c1)c1cscc1Br. The van der Waals surface area contributed by atoms with Crippen molar-refractivity contribution >= 4 is 38.9 Å². The Morgan fingerprint density at radius 3 is 2.79 bits per heavy atom. The zero-order valence-electron chi connectivity index (χ0n) is 10.4. The summed E-state index contributed by atoms with van der Waals surface area (Å²) < 4.78 is 14.3. The predicted molar refractivity (Wildman–Crippen MR) is 83.6 cm³/mol. The molecule has 0 saturated carbocycles. The quantitative estimate of drug-likeness (QED) is 0.751. The van der Waals surface area contributed by atoms with E-state index in [1.54, 1.807) is 23.5 Å². The van der Waals surface area contributed by atoms with Crippen LogP contribution in [-0.2, 0) is 0 Å². The highest BCUT2D eigenvalue weighted by molar-refractivity contribution is 9.10. The van der Waals surface area contributed by atoms with Gasteiger partial charge in [-0.2, -0.15) is 11.3 Å². The molecule has 0 bridgehead atoms. The van der Waals surface area contributed by atoms with Crippen molar-refractivity contribution in [3.8, 4) is 0 Å². The van der Waals surface area contributed by atoms with E-state index in [9.17, 15) is 4.39 Å². The lowest BCUT2D eigenvalue weighted by Crippen LogP contribution is -2.23. The number of hydrogen-bond acceptors (Lipinski definition) is 2. The van der Waals surface area contributed by atoms with Gasteiger partial charge in [0.15, 0.2) is 0 Å². The highest BCUT2D eigenvalue weighted by Gasteiger charge is 2.18. The molecule has 2 rings (SSSR count). The summed E-state index contributed by atoms with van der Waals surface area (Å²) in [5.74, 6) is -0.385. The number of hydrogen-bond donors (Lipinski definition) is 1. The first-order valence-electron chi connectivity index (χ1n) is 6.03. The van der Waals surface area contributed by atoms with E-state index < -0.39 is 0 Å². The fraction of sp³-hybridized carbons (Fsp3) is 0.286. The van der Waals surface area contributed by atoms with E-state index in [1.165, 1.54) is 6.07 Å². The van der Waals surface area contributed by atoms with Crippen LogP contribution in [0.2, 0.25) is 5.02 Å². The van der Waals surface area contributed by atoms with Crippen LogP contribution < -0.4 is 5.32 Å². The summed E-state index contributed by atoms with van der Waals surface area (Å²) in [6.07, 6.45) is 1.03. The fourth-order valence-corrected chi connectivity index (χ4v) is 3.63. The zero-order chi connectivity index (χ0) is 13.8. The van der Waals surface area contributed by atoms with Gasteiger partial charge in [0.05, 0.1) is 11.1 Å². The summed E-state index contributed by atoms with van der Waals surface area (Å²) >= 11 is 11.1. The Labute approximate surface area is 129 Å². The largest absolute Gasteiger partial charge is 0.306 e. The maximum absolute atomic E-state index is 13.3. The van der Waals surface area contributed by atoms with E-state index in [1.807, 2.05) is 5.38 Å². The van der Waals surface area contributed by atoms with Crippen molar-refractivity contribution in [1.29, 1.82) is 0 Å². The second-order valence-electron chi connectivity index (χ2n) is 4.24. The molecule has 0 spiro atoms. The minimum atomic E-state index is -0.385. The Bertz CT molecular complexity index is 558. The van der Waals surface area contributed by atoms with Gasteiger partial charge in [0.25, 0.3) is 0 Å². The van der Waals surface area contributed by atoms with E-state index in [2.05, 4.69) is 33.6 Å². The van der Waals surface area contributed by atoms with Crippen LogP contribution in [0, 0.1) is 5.82 Å². The molecular weight excluding hydrogens is 349 g/mol. The van der Waals surface area contributed by atoms with Crippen molar-refractivity contribution in [3.05, 3.63) is 55.4 Å². The van der Waals surface area contributed by atoms with Gasteiger partial charge in [-0.1, -0.05) is 24.6 Å². The van der Waals surface area contributed by atoms with Gasteiger partial charge < -0.3 is 5.32 Å². The summed E-state index contributed by atoms with van der Waals surface area (Å²) in [7, 11) is 0. The Hall–Kier alpha value is -0.420. The van der Waals surface area contributed by atoms with Crippen molar-refractivity contribution in [2.24, 2.45) is 0 Å². The monoisotopic (exact) mass is 361 g/mol. The molecule has 1 N–H and O–H groups in total. The van der Waals surface area contributed by atoms with Crippen molar-refractivity contribution in [1.82, 2.24) is 5.32 Å². The van der Waals surface area contributed by atoms with Crippen LogP contribution in [-0.4, -0.2) is 6.54 Å². The van der Waals surface area contributed by atoms with Crippen LogP contribution >= 0.6 is 38.9 Å². The van der Waals surface area contributed by atoms with Gasteiger partial charge in [-0.25, -0.2) is 4.39 Å². The first-order chi connectivity index (χ1) is 9.13. The van der Waals surface area contributed by atoms with Gasteiger partial charge in [-0.05, 0) is 57.5 Å². The molecule has 0 radical (unpaired) electrons. The second kappa shape index (κ2) is 6.84. The highest BCUT2D eigenvalue weighted by Crippen LogP contribution is 2.33. The predicted octanol–water partition coefficient (Wildman–Crippen LogP) is 5.39. The van der Waals surface area contributed by atoms with Crippen LogP contribution in [0.15, 0.2) is 33.4 Å². The number of benzene rings is 1. The van der Waals surface area contributed by atoms with Gasteiger partial charge in [-0.15, -0.1) is 0 Å². The first-order valence-corrected chi connectivity index (χ1v) is 8.14. The first kappa shape index (κ1) is 15.0. The van der Waals surface area contributed by atoms with Crippen molar-refractivity contribution < 1.29 is 4.39 Å². The molecule has 0 amide bonds. The molecule has 0 aliphatic heterocycles. The second-order valence-corrected chi connectivity index (χ2v) is 6.24. The highest BCUT2D eigenvalue weighted by atomic mass is 79.9. The molecule has 1 unspecified atom stereocenters. The average Bonchev–Trinajstić information content (AvgIpc) is 2.80.